The maximum atomic E-state index is 6.29. The van der Waals surface area contributed by atoms with Crippen molar-refractivity contribution in [3.05, 3.63) is 76.8 Å². The van der Waals surface area contributed by atoms with Gasteiger partial charge in [0.15, 0.2) is 0 Å². The van der Waals surface area contributed by atoms with Crippen LogP contribution in [0.15, 0.2) is 65.7 Å². The van der Waals surface area contributed by atoms with Gasteiger partial charge in [-0.3, -0.25) is 0 Å². The van der Waals surface area contributed by atoms with Crippen LogP contribution in [0.25, 0.3) is 11.1 Å². The van der Waals surface area contributed by atoms with Crippen molar-refractivity contribution in [1.82, 2.24) is 4.90 Å². The van der Waals surface area contributed by atoms with Crippen molar-refractivity contribution in [3.8, 4) is 22.6 Å². The Morgan fingerprint density at radius 3 is 2.39 bits per heavy atom. The first-order valence-electron chi connectivity index (χ1n) is 9.36. The molecule has 0 bridgehead atoms. The lowest BCUT2D eigenvalue weighted by Crippen LogP contribution is -2.14. The van der Waals surface area contributed by atoms with Gasteiger partial charge in [-0.1, -0.05) is 41.9 Å². The van der Waals surface area contributed by atoms with E-state index in [1.54, 1.807) is 0 Å². The average Bonchev–Trinajstić information content (AvgIpc) is 2.70. The Kier molecular flexibility index (Phi) is 6.37. The van der Waals surface area contributed by atoms with Gasteiger partial charge in [-0.15, -0.1) is 0 Å². The van der Waals surface area contributed by atoms with E-state index in [1.807, 2.05) is 86.7 Å². The summed E-state index contributed by atoms with van der Waals surface area (Å²) >= 11 is 6.29. The largest absolute Gasteiger partial charge is 0.457 e. The van der Waals surface area contributed by atoms with E-state index >= 15 is 0 Å². The predicted molar refractivity (Wildman–Crippen MR) is 119 cm³/mol. The molecular formula is C24H25ClN2O. The zero-order valence-corrected chi connectivity index (χ0v) is 17.5. The van der Waals surface area contributed by atoms with Crippen molar-refractivity contribution in [1.29, 1.82) is 0 Å². The van der Waals surface area contributed by atoms with Crippen LogP contribution < -0.4 is 4.74 Å². The standard InChI is InChI=1S/C24H25ClN2O/c1-5-27(4)16-26-23-14-18(3)24(15-17(23)2)28-20-12-10-19(11-13-20)21-8-6-7-9-22(21)25/h6-16H,5H2,1-4H3. The Balaban J connectivity index is 1.79. The number of ether oxygens (including phenoxy) is 1. The summed E-state index contributed by atoms with van der Waals surface area (Å²) in [5.41, 5.74) is 5.16. The third-order valence-electron chi connectivity index (χ3n) is 4.65. The summed E-state index contributed by atoms with van der Waals surface area (Å²) in [5, 5.41) is 0.743. The number of benzene rings is 3. The van der Waals surface area contributed by atoms with Crippen molar-refractivity contribution in [3.63, 3.8) is 0 Å². The van der Waals surface area contributed by atoms with Gasteiger partial charge < -0.3 is 9.64 Å². The number of hydrogen-bond acceptors (Lipinski definition) is 2. The van der Waals surface area contributed by atoms with Crippen LogP contribution >= 0.6 is 11.6 Å². The van der Waals surface area contributed by atoms with Crippen molar-refractivity contribution in [2.45, 2.75) is 20.8 Å². The summed E-state index contributed by atoms with van der Waals surface area (Å²) in [5.74, 6) is 1.63. The minimum Gasteiger partial charge on any atom is -0.457 e. The van der Waals surface area contributed by atoms with Crippen LogP contribution in [0.4, 0.5) is 5.69 Å². The lowest BCUT2D eigenvalue weighted by atomic mass is 10.1. The van der Waals surface area contributed by atoms with Crippen LogP contribution in [-0.4, -0.2) is 24.8 Å². The molecule has 0 aliphatic carbocycles. The monoisotopic (exact) mass is 392 g/mol. The first kappa shape index (κ1) is 20.0. The van der Waals surface area contributed by atoms with Gasteiger partial charge in [0.1, 0.15) is 11.5 Å². The average molecular weight is 393 g/mol. The lowest BCUT2D eigenvalue weighted by molar-refractivity contribution is 0.478. The second kappa shape index (κ2) is 8.94. The molecule has 0 aliphatic rings. The summed E-state index contributed by atoms with van der Waals surface area (Å²) in [6.07, 6.45) is 1.86. The van der Waals surface area contributed by atoms with E-state index < -0.39 is 0 Å². The van der Waals surface area contributed by atoms with Gasteiger partial charge in [-0.2, -0.15) is 0 Å². The third-order valence-corrected chi connectivity index (χ3v) is 4.98. The Morgan fingerprint density at radius 1 is 1.00 bits per heavy atom. The minimum absolute atomic E-state index is 0.743. The summed E-state index contributed by atoms with van der Waals surface area (Å²) < 4.78 is 6.12. The third kappa shape index (κ3) is 4.73. The number of halogens is 1. The maximum absolute atomic E-state index is 6.29. The van der Waals surface area contributed by atoms with Gasteiger partial charge in [-0.25, -0.2) is 4.99 Å². The highest BCUT2D eigenvalue weighted by molar-refractivity contribution is 6.33. The SMILES string of the molecule is CCN(C)C=Nc1cc(C)c(Oc2ccc(-c3ccccc3Cl)cc2)cc1C. The lowest BCUT2D eigenvalue weighted by Gasteiger charge is -2.13. The molecule has 4 heteroatoms. The van der Waals surface area contributed by atoms with Crippen LogP contribution in [0.2, 0.25) is 5.02 Å². The molecule has 0 spiro atoms. The molecule has 3 nitrogen and oxygen atoms in total. The van der Waals surface area contributed by atoms with Crippen molar-refractivity contribution >= 4 is 23.6 Å². The highest BCUT2D eigenvalue weighted by Crippen LogP contribution is 2.33. The van der Waals surface area contributed by atoms with E-state index in [1.165, 1.54) is 0 Å². The second-order valence-electron chi connectivity index (χ2n) is 6.83. The molecule has 0 saturated heterocycles. The van der Waals surface area contributed by atoms with Crippen molar-refractivity contribution < 1.29 is 4.74 Å². The minimum atomic E-state index is 0.743. The number of aryl methyl sites for hydroxylation is 2. The quantitative estimate of drug-likeness (QED) is 0.332. The molecule has 0 aliphatic heterocycles. The number of hydrogen-bond donors (Lipinski definition) is 0. The van der Waals surface area contributed by atoms with E-state index in [2.05, 4.69) is 18.0 Å². The molecular weight excluding hydrogens is 368 g/mol. The smallest absolute Gasteiger partial charge is 0.130 e. The van der Waals surface area contributed by atoms with Gasteiger partial charge in [0.2, 0.25) is 0 Å². The molecule has 0 amide bonds. The Hall–Kier alpha value is -2.78. The highest BCUT2D eigenvalue weighted by Gasteiger charge is 2.08. The molecule has 3 rings (SSSR count). The molecule has 3 aromatic rings. The molecule has 0 radical (unpaired) electrons. The summed E-state index contributed by atoms with van der Waals surface area (Å²) in [6, 6.07) is 19.9. The number of aliphatic imine (C=N–C) groups is 1. The first-order valence-corrected chi connectivity index (χ1v) is 9.74. The number of nitrogens with zero attached hydrogens (tertiary/aromatic N) is 2. The fraction of sp³-hybridized carbons (Fsp3) is 0.208. The Labute approximate surface area is 172 Å². The summed E-state index contributed by atoms with van der Waals surface area (Å²) in [7, 11) is 2.01. The first-order chi connectivity index (χ1) is 13.5. The van der Waals surface area contributed by atoms with E-state index in [9.17, 15) is 0 Å². The molecule has 0 atom stereocenters. The van der Waals surface area contributed by atoms with Crippen LogP contribution in [0.1, 0.15) is 18.1 Å². The Bertz CT molecular complexity index is 980. The van der Waals surface area contributed by atoms with Gasteiger partial charge in [0.25, 0.3) is 0 Å². The topological polar surface area (TPSA) is 24.8 Å². The fourth-order valence-electron chi connectivity index (χ4n) is 2.79. The molecule has 0 N–H and O–H groups in total. The van der Waals surface area contributed by atoms with Crippen molar-refractivity contribution in [2.75, 3.05) is 13.6 Å². The normalized spacial score (nSPS) is 11.0. The van der Waals surface area contributed by atoms with Crippen LogP contribution in [0.5, 0.6) is 11.5 Å². The molecule has 3 aromatic carbocycles. The van der Waals surface area contributed by atoms with Crippen LogP contribution in [0.3, 0.4) is 0 Å². The number of rotatable bonds is 6. The fourth-order valence-corrected chi connectivity index (χ4v) is 3.04. The zero-order chi connectivity index (χ0) is 20.1. The van der Waals surface area contributed by atoms with Crippen LogP contribution in [0, 0.1) is 13.8 Å². The van der Waals surface area contributed by atoms with Crippen LogP contribution in [-0.2, 0) is 0 Å². The summed E-state index contributed by atoms with van der Waals surface area (Å²) in [6.45, 7) is 7.10. The molecule has 0 aromatic heterocycles. The zero-order valence-electron chi connectivity index (χ0n) is 16.7. The molecule has 0 saturated carbocycles. The van der Waals surface area contributed by atoms with E-state index in [-0.39, 0.29) is 0 Å². The highest BCUT2D eigenvalue weighted by atomic mass is 35.5. The van der Waals surface area contributed by atoms with E-state index in [0.717, 1.165) is 51.0 Å². The Morgan fingerprint density at radius 2 is 1.71 bits per heavy atom. The second-order valence-corrected chi connectivity index (χ2v) is 7.24. The summed E-state index contributed by atoms with van der Waals surface area (Å²) in [4.78, 5) is 6.61. The molecule has 0 heterocycles. The van der Waals surface area contributed by atoms with E-state index in [4.69, 9.17) is 16.3 Å². The maximum Gasteiger partial charge on any atom is 0.130 e. The van der Waals surface area contributed by atoms with E-state index in [0.29, 0.717) is 0 Å². The van der Waals surface area contributed by atoms with Gasteiger partial charge in [-0.05, 0) is 67.8 Å². The molecule has 144 valence electrons. The van der Waals surface area contributed by atoms with Crippen molar-refractivity contribution in [2.24, 2.45) is 4.99 Å². The van der Waals surface area contributed by atoms with Gasteiger partial charge in [0, 0.05) is 24.2 Å². The van der Waals surface area contributed by atoms with Gasteiger partial charge >= 0.3 is 0 Å². The molecule has 0 unspecified atom stereocenters. The molecule has 0 fully saturated rings. The molecule has 28 heavy (non-hydrogen) atoms. The predicted octanol–water partition coefficient (Wildman–Crippen LogP) is 7.03. The van der Waals surface area contributed by atoms with Gasteiger partial charge in [0.05, 0.1) is 12.0 Å².